The molecular formula is C22H27F3N4O3. The molecule has 174 valence electrons. The van der Waals surface area contributed by atoms with Gasteiger partial charge in [-0.05, 0) is 42.9 Å². The lowest BCUT2D eigenvalue weighted by Gasteiger charge is -2.58. The molecular weight excluding hydrogens is 425 g/mol. The van der Waals surface area contributed by atoms with E-state index in [1.807, 2.05) is 0 Å². The second kappa shape index (κ2) is 7.97. The number of alkyl halides is 3. The van der Waals surface area contributed by atoms with Crippen molar-refractivity contribution in [3.05, 3.63) is 35.4 Å². The SMILES string of the molecule is CNC(=O)N1CC2(C1)C(=O)N([C@@H]1CC[C@@H](C)C1)CC(=O)N2Cc1ccc(C(F)(F)F)cc1. The number of amides is 4. The van der Waals surface area contributed by atoms with Crippen LogP contribution in [-0.4, -0.2) is 70.8 Å². The molecule has 2 aliphatic heterocycles. The van der Waals surface area contributed by atoms with Crippen molar-refractivity contribution in [2.24, 2.45) is 5.92 Å². The first kappa shape index (κ1) is 22.4. The maximum absolute atomic E-state index is 13.6. The van der Waals surface area contributed by atoms with Crippen molar-refractivity contribution in [1.82, 2.24) is 20.0 Å². The predicted molar refractivity (Wildman–Crippen MR) is 109 cm³/mol. The summed E-state index contributed by atoms with van der Waals surface area (Å²) in [5.74, 6) is 0.0525. The summed E-state index contributed by atoms with van der Waals surface area (Å²) >= 11 is 0. The van der Waals surface area contributed by atoms with Crippen molar-refractivity contribution in [3.63, 3.8) is 0 Å². The average Bonchev–Trinajstić information content (AvgIpc) is 3.14. The molecule has 4 amide bonds. The van der Waals surface area contributed by atoms with Gasteiger partial charge in [-0.2, -0.15) is 13.2 Å². The quantitative estimate of drug-likeness (QED) is 0.766. The molecule has 1 N–H and O–H groups in total. The highest BCUT2D eigenvalue weighted by molar-refractivity contribution is 6.00. The van der Waals surface area contributed by atoms with Crippen molar-refractivity contribution in [2.45, 2.75) is 50.5 Å². The topological polar surface area (TPSA) is 73.0 Å². The number of hydrogen-bond donors (Lipinski definition) is 1. The van der Waals surface area contributed by atoms with E-state index in [1.165, 1.54) is 29.0 Å². The number of halogens is 3. The lowest BCUT2D eigenvalue weighted by Crippen LogP contribution is -2.82. The van der Waals surface area contributed by atoms with Crippen LogP contribution in [0, 0.1) is 5.92 Å². The minimum atomic E-state index is -4.45. The van der Waals surface area contributed by atoms with Gasteiger partial charge in [0.15, 0.2) is 5.54 Å². The Hall–Kier alpha value is -2.78. The molecule has 7 nitrogen and oxygen atoms in total. The van der Waals surface area contributed by atoms with Crippen LogP contribution in [0.4, 0.5) is 18.0 Å². The number of benzene rings is 1. The van der Waals surface area contributed by atoms with E-state index in [0.717, 1.165) is 31.4 Å². The molecule has 0 bridgehead atoms. The summed E-state index contributed by atoms with van der Waals surface area (Å²) in [6.45, 7) is 2.23. The fourth-order valence-electron chi connectivity index (χ4n) is 5.09. The molecule has 3 fully saturated rings. The van der Waals surface area contributed by atoms with E-state index in [-0.39, 0.29) is 50.1 Å². The third kappa shape index (κ3) is 3.80. The third-order valence-electron chi connectivity index (χ3n) is 6.92. The lowest BCUT2D eigenvalue weighted by atomic mass is 9.82. The van der Waals surface area contributed by atoms with Crippen molar-refractivity contribution >= 4 is 17.8 Å². The zero-order valence-electron chi connectivity index (χ0n) is 18.1. The smallest absolute Gasteiger partial charge is 0.341 e. The first-order valence-corrected chi connectivity index (χ1v) is 10.8. The lowest BCUT2D eigenvalue weighted by molar-refractivity contribution is -0.179. The van der Waals surface area contributed by atoms with Gasteiger partial charge in [0.2, 0.25) is 5.91 Å². The van der Waals surface area contributed by atoms with E-state index in [0.29, 0.717) is 11.5 Å². The maximum Gasteiger partial charge on any atom is 0.416 e. The number of carbonyl (C=O) groups is 3. The van der Waals surface area contributed by atoms with Crippen LogP contribution in [-0.2, 0) is 22.3 Å². The molecule has 2 atom stereocenters. The summed E-state index contributed by atoms with van der Waals surface area (Å²) in [5.41, 5.74) is -1.45. The number of rotatable bonds is 3. The minimum Gasteiger partial charge on any atom is -0.341 e. The summed E-state index contributed by atoms with van der Waals surface area (Å²) in [7, 11) is 1.49. The predicted octanol–water partition coefficient (Wildman–Crippen LogP) is 2.46. The van der Waals surface area contributed by atoms with E-state index in [2.05, 4.69) is 12.2 Å². The number of hydrogen-bond acceptors (Lipinski definition) is 3. The highest BCUT2D eigenvalue weighted by atomic mass is 19.4. The Kier molecular flexibility index (Phi) is 5.58. The number of likely N-dealkylation sites (tertiary alicyclic amines) is 1. The van der Waals surface area contributed by atoms with Crippen LogP contribution in [0.25, 0.3) is 0 Å². The standard InChI is InChI=1S/C22H27F3N4O3/c1-14-3-8-17(9-14)28-11-18(30)29(10-15-4-6-16(7-5-15)22(23,24)25)21(19(28)31)12-27(13-21)20(32)26-2/h4-7,14,17H,3,8-13H2,1-2H3,(H,26,32)/t14-,17-/m1/s1. The zero-order valence-corrected chi connectivity index (χ0v) is 18.1. The summed E-state index contributed by atoms with van der Waals surface area (Å²) in [6, 6.07) is 4.27. The van der Waals surface area contributed by atoms with Crippen LogP contribution in [0.2, 0.25) is 0 Å². The molecule has 4 rings (SSSR count). The molecule has 0 radical (unpaired) electrons. The molecule has 1 spiro atoms. The molecule has 0 aromatic heterocycles. The highest BCUT2D eigenvalue weighted by Gasteiger charge is 2.61. The Morgan fingerprint density at radius 2 is 1.81 bits per heavy atom. The number of urea groups is 1. The Morgan fingerprint density at radius 1 is 1.16 bits per heavy atom. The molecule has 2 heterocycles. The Morgan fingerprint density at radius 3 is 2.34 bits per heavy atom. The van der Waals surface area contributed by atoms with Crippen LogP contribution < -0.4 is 5.32 Å². The number of piperazine rings is 1. The zero-order chi connectivity index (χ0) is 23.3. The van der Waals surface area contributed by atoms with Crippen LogP contribution >= 0.6 is 0 Å². The first-order chi connectivity index (χ1) is 15.0. The van der Waals surface area contributed by atoms with Crippen molar-refractivity contribution < 1.29 is 27.6 Å². The molecule has 10 heteroatoms. The monoisotopic (exact) mass is 452 g/mol. The number of nitrogens with zero attached hydrogens (tertiary/aromatic N) is 3. The Labute approximate surface area is 184 Å². The van der Waals surface area contributed by atoms with E-state index in [1.54, 1.807) is 4.90 Å². The summed E-state index contributed by atoms with van der Waals surface area (Å²) in [5, 5.41) is 2.52. The van der Waals surface area contributed by atoms with Gasteiger partial charge in [-0.25, -0.2) is 4.79 Å². The molecule has 32 heavy (non-hydrogen) atoms. The fraction of sp³-hybridized carbons (Fsp3) is 0.591. The highest BCUT2D eigenvalue weighted by Crippen LogP contribution is 2.39. The van der Waals surface area contributed by atoms with Crippen LogP contribution in [0.1, 0.15) is 37.3 Å². The van der Waals surface area contributed by atoms with Gasteiger partial charge in [-0.3, -0.25) is 9.59 Å². The van der Waals surface area contributed by atoms with Crippen molar-refractivity contribution in [2.75, 3.05) is 26.7 Å². The van der Waals surface area contributed by atoms with Crippen molar-refractivity contribution in [1.29, 1.82) is 0 Å². The molecule has 0 unspecified atom stereocenters. The number of nitrogens with one attached hydrogen (secondary N) is 1. The van der Waals surface area contributed by atoms with E-state index in [9.17, 15) is 27.6 Å². The van der Waals surface area contributed by atoms with Gasteiger partial charge < -0.3 is 20.0 Å². The molecule has 3 aliphatic rings. The van der Waals surface area contributed by atoms with E-state index in [4.69, 9.17) is 0 Å². The first-order valence-electron chi connectivity index (χ1n) is 10.8. The molecule has 1 saturated carbocycles. The van der Waals surface area contributed by atoms with Gasteiger partial charge >= 0.3 is 12.2 Å². The third-order valence-corrected chi connectivity index (χ3v) is 6.92. The molecule has 2 saturated heterocycles. The van der Waals surface area contributed by atoms with Gasteiger partial charge in [-0.1, -0.05) is 19.1 Å². The summed E-state index contributed by atoms with van der Waals surface area (Å²) in [6.07, 6.45) is -1.77. The summed E-state index contributed by atoms with van der Waals surface area (Å²) in [4.78, 5) is 43.5. The average molecular weight is 452 g/mol. The second-order valence-electron chi connectivity index (χ2n) is 9.12. The molecule has 1 aromatic rings. The van der Waals surface area contributed by atoms with Gasteiger partial charge in [0, 0.05) is 19.6 Å². The second-order valence-corrected chi connectivity index (χ2v) is 9.12. The fourth-order valence-corrected chi connectivity index (χ4v) is 5.09. The largest absolute Gasteiger partial charge is 0.416 e. The van der Waals surface area contributed by atoms with E-state index < -0.39 is 17.3 Å². The van der Waals surface area contributed by atoms with Crippen LogP contribution in [0.15, 0.2) is 24.3 Å². The summed E-state index contributed by atoms with van der Waals surface area (Å²) < 4.78 is 38.7. The minimum absolute atomic E-state index is 0.000552. The number of carbonyl (C=O) groups excluding carboxylic acids is 3. The van der Waals surface area contributed by atoms with Crippen molar-refractivity contribution in [3.8, 4) is 0 Å². The molecule has 1 aromatic carbocycles. The Balaban J connectivity index is 1.60. The normalized spacial score (nSPS) is 25.3. The van der Waals surface area contributed by atoms with Gasteiger partial charge in [0.25, 0.3) is 5.91 Å². The van der Waals surface area contributed by atoms with Gasteiger partial charge in [0.1, 0.15) is 6.54 Å². The van der Waals surface area contributed by atoms with E-state index >= 15 is 0 Å². The van der Waals surface area contributed by atoms with Gasteiger partial charge in [-0.15, -0.1) is 0 Å². The van der Waals surface area contributed by atoms with Crippen LogP contribution in [0.5, 0.6) is 0 Å². The van der Waals surface area contributed by atoms with Gasteiger partial charge in [0.05, 0.1) is 18.7 Å². The molecule has 1 aliphatic carbocycles. The Bertz CT molecular complexity index is 912. The van der Waals surface area contributed by atoms with Crippen LogP contribution in [0.3, 0.4) is 0 Å². The maximum atomic E-state index is 13.6.